The summed E-state index contributed by atoms with van der Waals surface area (Å²) >= 11 is 0. The zero-order valence-corrected chi connectivity index (χ0v) is 12.6. The first-order valence-corrected chi connectivity index (χ1v) is 6.96. The second kappa shape index (κ2) is 8.13. The Morgan fingerprint density at radius 2 is 1.77 bits per heavy atom. The smallest absolute Gasteiger partial charge is 0.327 e. The van der Waals surface area contributed by atoms with Crippen LogP contribution in [-0.2, 0) is 25.5 Å². The lowest BCUT2D eigenvalue weighted by Gasteiger charge is -2.23. The van der Waals surface area contributed by atoms with Crippen molar-refractivity contribution in [3.05, 3.63) is 35.6 Å². The van der Waals surface area contributed by atoms with Gasteiger partial charge in [-0.15, -0.1) is 0 Å². The SMILES string of the molecule is CCOC(=O)CC(C#N)(Cc1ccc(F)cc1)C(=O)OCC. The Labute approximate surface area is 128 Å². The van der Waals surface area contributed by atoms with Gasteiger partial charge in [0.15, 0.2) is 5.41 Å². The van der Waals surface area contributed by atoms with Crippen molar-refractivity contribution in [2.24, 2.45) is 5.41 Å². The third-order valence-electron chi connectivity index (χ3n) is 3.05. The molecule has 0 aliphatic carbocycles. The monoisotopic (exact) mass is 307 g/mol. The highest BCUT2D eigenvalue weighted by molar-refractivity contribution is 5.86. The number of nitrogens with zero attached hydrogens (tertiary/aromatic N) is 1. The molecule has 0 N–H and O–H groups in total. The fraction of sp³-hybridized carbons (Fsp3) is 0.438. The number of benzene rings is 1. The molecule has 6 heteroatoms. The van der Waals surface area contributed by atoms with Crippen LogP contribution in [0.1, 0.15) is 25.8 Å². The van der Waals surface area contributed by atoms with Gasteiger partial charge in [0.2, 0.25) is 0 Å². The maximum atomic E-state index is 13.0. The number of rotatable bonds is 7. The minimum atomic E-state index is -1.68. The Bertz CT molecular complexity index is 565. The molecule has 0 spiro atoms. The van der Waals surface area contributed by atoms with E-state index in [4.69, 9.17) is 9.47 Å². The van der Waals surface area contributed by atoms with Crippen LogP contribution in [0.25, 0.3) is 0 Å². The number of carbonyl (C=O) groups is 2. The Morgan fingerprint density at radius 3 is 2.27 bits per heavy atom. The standard InChI is InChI=1S/C16H18FNO4/c1-3-21-14(19)10-16(11-18,15(20)22-4-2)9-12-5-7-13(17)8-6-12/h5-8H,3-4,9-10H2,1-2H3. The highest BCUT2D eigenvalue weighted by atomic mass is 19.1. The molecule has 5 nitrogen and oxygen atoms in total. The molecule has 0 aromatic heterocycles. The minimum absolute atomic E-state index is 0.0541. The lowest BCUT2D eigenvalue weighted by atomic mass is 9.80. The third kappa shape index (κ3) is 4.55. The number of nitriles is 1. The Hall–Kier alpha value is -2.42. The zero-order valence-electron chi connectivity index (χ0n) is 12.6. The summed E-state index contributed by atoms with van der Waals surface area (Å²) in [6.45, 7) is 3.49. The summed E-state index contributed by atoms with van der Waals surface area (Å²) in [4.78, 5) is 23.9. The first-order valence-electron chi connectivity index (χ1n) is 6.96. The molecule has 1 rings (SSSR count). The Balaban J connectivity index is 3.08. The molecular weight excluding hydrogens is 289 g/mol. The molecular formula is C16H18FNO4. The summed E-state index contributed by atoms with van der Waals surface area (Å²) in [5.74, 6) is -1.86. The summed E-state index contributed by atoms with van der Waals surface area (Å²) < 4.78 is 22.7. The summed E-state index contributed by atoms with van der Waals surface area (Å²) in [6.07, 6.45) is -0.463. The van der Waals surface area contributed by atoms with E-state index in [0.717, 1.165) is 0 Å². The van der Waals surface area contributed by atoms with Crippen molar-refractivity contribution < 1.29 is 23.5 Å². The fourth-order valence-corrected chi connectivity index (χ4v) is 2.01. The van der Waals surface area contributed by atoms with Crippen molar-refractivity contribution in [2.45, 2.75) is 26.7 Å². The number of ether oxygens (including phenoxy) is 2. The van der Waals surface area contributed by atoms with Crippen molar-refractivity contribution in [1.82, 2.24) is 0 Å². The molecule has 0 amide bonds. The van der Waals surface area contributed by atoms with Crippen LogP contribution in [0.15, 0.2) is 24.3 Å². The van der Waals surface area contributed by atoms with Crippen molar-refractivity contribution >= 4 is 11.9 Å². The normalized spacial score (nSPS) is 12.8. The van der Waals surface area contributed by atoms with E-state index in [9.17, 15) is 19.2 Å². The number of esters is 2. The van der Waals surface area contributed by atoms with Gasteiger partial charge in [0.25, 0.3) is 0 Å². The largest absolute Gasteiger partial charge is 0.466 e. The van der Waals surface area contributed by atoms with Gasteiger partial charge in [0.05, 0.1) is 25.7 Å². The molecule has 1 unspecified atom stereocenters. The second-order valence-corrected chi connectivity index (χ2v) is 4.70. The summed E-state index contributed by atoms with van der Waals surface area (Å²) in [5.41, 5.74) is -1.12. The highest BCUT2D eigenvalue weighted by Gasteiger charge is 2.43. The van der Waals surface area contributed by atoms with Crippen LogP contribution < -0.4 is 0 Å². The summed E-state index contributed by atoms with van der Waals surface area (Å²) in [6, 6.07) is 7.27. The third-order valence-corrected chi connectivity index (χ3v) is 3.05. The Kier molecular flexibility index (Phi) is 6.51. The lowest BCUT2D eigenvalue weighted by Crippen LogP contribution is -2.36. The molecule has 0 saturated heterocycles. The van der Waals surface area contributed by atoms with Crippen molar-refractivity contribution in [1.29, 1.82) is 5.26 Å². The number of hydrogen-bond acceptors (Lipinski definition) is 5. The van der Waals surface area contributed by atoms with Crippen molar-refractivity contribution in [3.63, 3.8) is 0 Å². The van der Waals surface area contributed by atoms with Gasteiger partial charge in [0, 0.05) is 6.42 Å². The van der Waals surface area contributed by atoms with Crippen molar-refractivity contribution in [2.75, 3.05) is 13.2 Å². The van der Waals surface area contributed by atoms with E-state index in [1.807, 2.05) is 6.07 Å². The van der Waals surface area contributed by atoms with Crippen LogP contribution in [0.2, 0.25) is 0 Å². The van der Waals surface area contributed by atoms with Gasteiger partial charge >= 0.3 is 11.9 Å². The van der Waals surface area contributed by atoms with E-state index in [1.165, 1.54) is 24.3 Å². The van der Waals surface area contributed by atoms with Gasteiger partial charge in [-0.05, 0) is 31.5 Å². The molecule has 1 atom stereocenters. The molecule has 0 bridgehead atoms. The van der Waals surface area contributed by atoms with Crippen LogP contribution in [0.5, 0.6) is 0 Å². The van der Waals surface area contributed by atoms with Gasteiger partial charge < -0.3 is 9.47 Å². The predicted molar refractivity (Wildman–Crippen MR) is 76.0 cm³/mol. The fourth-order valence-electron chi connectivity index (χ4n) is 2.01. The molecule has 0 saturated carbocycles. The number of halogens is 1. The molecule has 118 valence electrons. The Morgan fingerprint density at radius 1 is 1.18 bits per heavy atom. The van der Waals surface area contributed by atoms with E-state index in [2.05, 4.69) is 0 Å². The highest BCUT2D eigenvalue weighted by Crippen LogP contribution is 2.29. The van der Waals surface area contributed by atoms with Gasteiger partial charge in [-0.3, -0.25) is 9.59 Å². The zero-order chi connectivity index (χ0) is 16.6. The first-order chi connectivity index (χ1) is 10.5. The van der Waals surface area contributed by atoms with E-state index < -0.39 is 29.6 Å². The van der Waals surface area contributed by atoms with Crippen LogP contribution in [0, 0.1) is 22.6 Å². The van der Waals surface area contributed by atoms with Gasteiger partial charge in [-0.25, -0.2) is 4.39 Å². The van der Waals surface area contributed by atoms with Crippen LogP contribution in [-0.4, -0.2) is 25.2 Å². The number of carbonyl (C=O) groups excluding carboxylic acids is 2. The topological polar surface area (TPSA) is 76.4 Å². The first kappa shape index (κ1) is 17.6. The average Bonchev–Trinajstić information content (AvgIpc) is 2.49. The van der Waals surface area contributed by atoms with Gasteiger partial charge in [-0.2, -0.15) is 5.26 Å². The van der Waals surface area contributed by atoms with E-state index in [-0.39, 0.29) is 19.6 Å². The molecule has 1 aromatic carbocycles. The molecule has 1 aromatic rings. The summed E-state index contributed by atoms with van der Waals surface area (Å²) in [5, 5.41) is 9.47. The molecule has 22 heavy (non-hydrogen) atoms. The van der Waals surface area contributed by atoms with E-state index >= 15 is 0 Å². The predicted octanol–water partition coefficient (Wildman–Crippen LogP) is 2.39. The number of hydrogen-bond donors (Lipinski definition) is 0. The van der Waals surface area contributed by atoms with Crippen LogP contribution >= 0.6 is 0 Å². The molecule has 0 heterocycles. The lowest BCUT2D eigenvalue weighted by molar-refractivity contribution is -0.158. The molecule has 0 aliphatic rings. The van der Waals surface area contributed by atoms with Gasteiger partial charge in [0.1, 0.15) is 5.82 Å². The van der Waals surface area contributed by atoms with Gasteiger partial charge in [-0.1, -0.05) is 12.1 Å². The minimum Gasteiger partial charge on any atom is -0.466 e. The average molecular weight is 307 g/mol. The maximum absolute atomic E-state index is 13.0. The maximum Gasteiger partial charge on any atom is 0.327 e. The van der Waals surface area contributed by atoms with E-state index in [0.29, 0.717) is 5.56 Å². The van der Waals surface area contributed by atoms with E-state index in [1.54, 1.807) is 13.8 Å². The molecule has 0 fully saturated rings. The molecule has 0 aliphatic heterocycles. The van der Waals surface area contributed by atoms with Crippen LogP contribution in [0.3, 0.4) is 0 Å². The van der Waals surface area contributed by atoms with Crippen molar-refractivity contribution in [3.8, 4) is 6.07 Å². The molecule has 0 radical (unpaired) electrons. The summed E-state index contributed by atoms with van der Waals surface area (Å²) in [7, 11) is 0. The second-order valence-electron chi connectivity index (χ2n) is 4.70. The quantitative estimate of drug-likeness (QED) is 0.723. The van der Waals surface area contributed by atoms with Crippen LogP contribution in [0.4, 0.5) is 4.39 Å².